The van der Waals surface area contributed by atoms with Crippen LogP contribution in [0.1, 0.15) is 10.4 Å². The molecule has 1 rings (SSSR count). The zero-order valence-corrected chi connectivity index (χ0v) is 5.82. The van der Waals surface area contributed by atoms with Gasteiger partial charge in [0.15, 0.2) is 0 Å². The molecule has 0 unspecified atom stereocenters. The second-order valence-corrected chi connectivity index (χ2v) is 1.91. The van der Waals surface area contributed by atoms with Crippen LogP contribution in [0.4, 0.5) is 0 Å². The van der Waals surface area contributed by atoms with Gasteiger partial charge in [-0.25, -0.2) is 0 Å². The normalized spacial score (nSPS) is 8.27. The summed E-state index contributed by atoms with van der Waals surface area (Å²) in [7, 11) is 4.83. The number of hydrogen-bond donors (Lipinski definition) is 0. The van der Waals surface area contributed by atoms with Gasteiger partial charge in [-0.15, -0.1) is 0 Å². The molecule has 1 amide bonds. The van der Waals surface area contributed by atoms with Crippen LogP contribution in [0.5, 0.6) is 0 Å². The van der Waals surface area contributed by atoms with Crippen molar-refractivity contribution < 1.29 is 4.79 Å². The number of nitrogens with zero attached hydrogens (tertiary/aromatic N) is 1. The van der Waals surface area contributed by atoms with Gasteiger partial charge in [-0.3, -0.25) is 0 Å². The van der Waals surface area contributed by atoms with Crippen molar-refractivity contribution in [2.75, 3.05) is 0 Å². The van der Waals surface area contributed by atoms with E-state index < -0.39 is 0 Å². The first kappa shape index (κ1) is 7.64. The average Bonchev–Trinajstić information content (AvgIpc) is 2.07. The Labute approximate surface area is 65.7 Å². The predicted octanol–water partition coefficient (Wildman–Crippen LogP) is 0.901. The Morgan fingerprint density at radius 1 is 1.36 bits per heavy atom. The molecule has 0 aliphatic heterocycles. The van der Waals surface area contributed by atoms with Gasteiger partial charge in [0, 0.05) is 0 Å². The van der Waals surface area contributed by atoms with Crippen LogP contribution in [0.15, 0.2) is 35.3 Å². The first-order valence-electron chi connectivity index (χ1n) is 3.10. The maximum absolute atomic E-state index is 10.9. The Bertz CT molecular complexity index is 301. The third kappa shape index (κ3) is 1.99. The van der Waals surface area contributed by atoms with E-state index in [1.165, 1.54) is 0 Å². The van der Waals surface area contributed by atoms with Crippen molar-refractivity contribution in [1.82, 2.24) is 0 Å². The summed E-state index contributed by atoms with van der Waals surface area (Å²) < 4.78 is 0. The van der Waals surface area contributed by atoms with Crippen LogP contribution in [-0.2, 0) is 0 Å². The minimum absolute atomic E-state index is 0.367. The monoisotopic (exact) mass is 142 g/mol. The van der Waals surface area contributed by atoms with Crippen molar-refractivity contribution in [3.63, 3.8) is 0 Å². The van der Waals surface area contributed by atoms with E-state index in [0.717, 1.165) is 0 Å². The van der Waals surface area contributed by atoms with Gasteiger partial charge in [-0.2, -0.15) is 0 Å². The van der Waals surface area contributed by atoms with Gasteiger partial charge in [0.25, 0.3) is 0 Å². The summed E-state index contributed by atoms with van der Waals surface area (Å²) in [5.41, 5.74) is 0.519. The van der Waals surface area contributed by atoms with Gasteiger partial charge >= 0.3 is 64.8 Å². The Hall–Kier alpha value is -1.47. The van der Waals surface area contributed by atoms with E-state index >= 15 is 0 Å². The van der Waals surface area contributed by atoms with Gasteiger partial charge < -0.3 is 0 Å². The molecule has 2 nitrogen and oxygen atoms in total. The number of benzene rings is 1. The molecule has 11 heavy (non-hydrogen) atoms. The number of rotatable bonds is 1. The van der Waals surface area contributed by atoms with E-state index in [2.05, 4.69) is 4.99 Å². The second-order valence-electron chi connectivity index (χ2n) is 1.91. The van der Waals surface area contributed by atoms with Crippen LogP contribution in [-0.4, -0.2) is 19.2 Å². The predicted molar refractivity (Wildman–Crippen MR) is 44.0 cm³/mol. The van der Waals surface area contributed by atoms with Crippen molar-refractivity contribution >= 4 is 19.2 Å². The van der Waals surface area contributed by atoms with Gasteiger partial charge in [0.05, 0.1) is 0 Å². The molecule has 0 aliphatic rings. The summed E-state index contributed by atoms with van der Waals surface area (Å²) in [5, 5.41) is 0. The van der Waals surface area contributed by atoms with Gasteiger partial charge in [0.2, 0.25) is 0 Å². The SMILES string of the molecule is [B]=C=NC(=O)c1ccccc1. The van der Waals surface area contributed by atoms with E-state index in [0.29, 0.717) is 5.56 Å². The van der Waals surface area contributed by atoms with Crippen molar-refractivity contribution in [3.8, 4) is 0 Å². The van der Waals surface area contributed by atoms with Crippen LogP contribution < -0.4 is 0 Å². The van der Waals surface area contributed by atoms with Crippen molar-refractivity contribution in [1.29, 1.82) is 0 Å². The minimum atomic E-state index is -0.367. The van der Waals surface area contributed by atoms with Crippen molar-refractivity contribution in [3.05, 3.63) is 35.9 Å². The zero-order valence-electron chi connectivity index (χ0n) is 5.82. The molecule has 0 spiro atoms. The number of aliphatic imine (C=N–C) groups is 1. The molecule has 0 saturated carbocycles. The van der Waals surface area contributed by atoms with E-state index in [1.54, 1.807) is 24.3 Å². The molecule has 1 aromatic carbocycles. The van der Waals surface area contributed by atoms with Crippen LogP contribution in [0.2, 0.25) is 0 Å². The summed E-state index contributed by atoms with van der Waals surface area (Å²) in [4.78, 5) is 14.2. The molecular formula is C8H5BNO. The Morgan fingerprint density at radius 3 is 2.55 bits per heavy atom. The molecule has 0 aromatic heterocycles. The first-order valence-corrected chi connectivity index (χ1v) is 3.10. The van der Waals surface area contributed by atoms with E-state index in [9.17, 15) is 4.79 Å². The third-order valence-corrected chi connectivity index (χ3v) is 1.19. The number of carbonyl (C=O) groups is 1. The fourth-order valence-electron chi connectivity index (χ4n) is 0.704. The Morgan fingerprint density at radius 2 is 2.00 bits per heavy atom. The number of amides is 1. The van der Waals surface area contributed by atoms with Crippen LogP contribution in [0, 0.1) is 0 Å². The molecule has 0 N–H and O–H groups in total. The van der Waals surface area contributed by atoms with Crippen molar-refractivity contribution in [2.24, 2.45) is 4.99 Å². The summed E-state index contributed by atoms with van der Waals surface area (Å²) in [6.45, 7) is 0. The summed E-state index contributed by atoms with van der Waals surface area (Å²) in [6, 6.07) is 8.69. The fraction of sp³-hybridized carbons (Fsp3) is 0. The fourth-order valence-corrected chi connectivity index (χ4v) is 0.704. The molecule has 1 aromatic rings. The van der Waals surface area contributed by atoms with E-state index in [-0.39, 0.29) is 5.91 Å². The topological polar surface area (TPSA) is 29.4 Å². The Kier molecular flexibility index (Phi) is 2.53. The summed E-state index contributed by atoms with van der Waals surface area (Å²) >= 11 is 0. The first-order chi connectivity index (χ1) is 5.34. The molecule has 0 aliphatic carbocycles. The second kappa shape index (κ2) is 3.64. The standard InChI is InChI=1S/C8H5BNO/c9-6-10-8(11)7-4-2-1-3-5-7/h1-5H. The zero-order chi connectivity index (χ0) is 8.10. The molecule has 0 bridgehead atoms. The van der Waals surface area contributed by atoms with Crippen LogP contribution in [0.3, 0.4) is 0 Å². The molecule has 1 radical (unpaired) electrons. The summed E-state index contributed by atoms with van der Waals surface area (Å²) in [6.07, 6.45) is 0. The van der Waals surface area contributed by atoms with E-state index in [1.807, 2.05) is 11.8 Å². The Balaban J connectivity index is 2.94. The van der Waals surface area contributed by atoms with E-state index in [4.69, 9.17) is 7.49 Å². The molecule has 0 heterocycles. The number of hydrogen-bond acceptors (Lipinski definition) is 1. The molecule has 0 saturated heterocycles. The van der Waals surface area contributed by atoms with Gasteiger partial charge in [0.1, 0.15) is 0 Å². The molecule has 3 heteroatoms. The molecular weight excluding hydrogens is 137 g/mol. The quantitative estimate of drug-likeness (QED) is 0.423. The summed E-state index contributed by atoms with van der Waals surface area (Å²) in [5.74, 6) is 1.57. The van der Waals surface area contributed by atoms with Gasteiger partial charge in [-0.1, -0.05) is 0 Å². The average molecular weight is 142 g/mol. The third-order valence-electron chi connectivity index (χ3n) is 1.19. The van der Waals surface area contributed by atoms with Crippen LogP contribution in [0.25, 0.3) is 0 Å². The molecule has 0 fully saturated rings. The number of carbonyl (C=O) groups excluding carboxylic acids is 1. The van der Waals surface area contributed by atoms with Crippen molar-refractivity contribution in [2.45, 2.75) is 0 Å². The molecule has 51 valence electrons. The maximum atomic E-state index is 10.9. The molecule has 0 atom stereocenters. The van der Waals surface area contributed by atoms with Crippen LogP contribution >= 0.6 is 0 Å². The van der Waals surface area contributed by atoms with Gasteiger partial charge in [-0.05, 0) is 0 Å².